The summed E-state index contributed by atoms with van der Waals surface area (Å²) in [6.45, 7) is 14.3. The Bertz CT molecular complexity index is 1030. The van der Waals surface area contributed by atoms with E-state index in [0.717, 1.165) is 17.6 Å². The van der Waals surface area contributed by atoms with Gasteiger partial charge in [-0.25, -0.2) is 0 Å². The van der Waals surface area contributed by atoms with Gasteiger partial charge in [0.25, 0.3) is 0 Å². The molecule has 1 aliphatic rings. The molecule has 2 rings (SSSR count). The van der Waals surface area contributed by atoms with E-state index in [2.05, 4.69) is 11.9 Å². The molecule has 42 heavy (non-hydrogen) atoms. The first-order chi connectivity index (χ1) is 19.9. The second-order valence-electron chi connectivity index (χ2n) is 12.0. The minimum Gasteiger partial charge on any atom is -0.386 e. The predicted molar refractivity (Wildman–Crippen MR) is 165 cm³/mol. The van der Waals surface area contributed by atoms with Gasteiger partial charge in [0.2, 0.25) is 17.7 Å². The summed E-state index contributed by atoms with van der Waals surface area (Å²) < 4.78 is 11.7. The molecule has 0 spiro atoms. The quantitative estimate of drug-likeness (QED) is 0.282. The van der Waals surface area contributed by atoms with E-state index < -0.39 is 36.3 Å². The Kier molecular flexibility index (Phi) is 14.2. The second kappa shape index (κ2) is 16.8. The Balaban J connectivity index is 2.15. The van der Waals surface area contributed by atoms with Crippen molar-refractivity contribution in [3.8, 4) is 0 Å². The van der Waals surface area contributed by atoms with Gasteiger partial charge >= 0.3 is 0 Å². The van der Waals surface area contributed by atoms with Crippen molar-refractivity contribution in [2.75, 3.05) is 27.8 Å². The van der Waals surface area contributed by atoms with Crippen molar-refractivity contribution in [1.82, 2.24) is 15.1 Å². The molecule has 0 aliphatic carbocycles. The van der Waals surface area contributed by atoms with Crippen molar-refractivity contribution >= 4 is 17.7 Å². The van der Waals surface area contributed by atoms with Crippen LogP contribution >= 0.6 is 0 Å². The van der Waals surface area contributed by atoms with Gasteiger partial charge in [-0.05, 0) is 37.7 Å². The number of nitrogens with zero attached hydrogens (tertiary/aromatic N) is 2. The molecule has 236 valence electrons. The second-order valence-corrected chi connectivity index (χ2v) is 12.0. The highest BCUT2D eigenvalue weighted by atomic mass is 16.5. The summed E-state index contributed by atoms with van der Waals surface area (Å²) in [5.41, 5.74) is 1.56. The molecule has 3 amide bonds. The monoisotopic (exact) mass is 587 g/mol. The molecule has 1 aromatic rings. The Morgan fingerprint density at radius 2 is 1.74 bits per heavy atom. The van der Waals surface area contributed by atoms with Crippen LogP contribution in [0.25, 0.3) is 0 Å². The summed E-state index contributed by atoms with van der Waals surface area (Å²) in [4.78, 5) is 43.5. The van der Waals surface area contributed by atoms with Crippen LogP contribution in [-0.4, -0.2) is 90.8 Å². The third-order valence-corrected chi connectivity index (χ3v) is 8.46. The molecule has 2 N–H and O–H groups in total. The summed E-state index contributed by atoms with van der Waals surface area (Å²) in [5, 5.41) is 13.7. The van der Waals surface area contributed by atoms with E-state index in [0.29, 0.717) is 25.8 Å². The molecule has 0 bridgehead atoms. The van der Waals surface area contributed by atoms with Gasteiger partial charge in [0.15, 0.2) is 0 Å². The summed E-state index contributed by atoms with van der Waals surface area (Å²) >= 11 is 0. The maximum atomic E-state index is 13.8. The van der Waals surface area contributed by atoms with E-state index >= 15 is 0 Å². The molecule has 1 saturated heterocycles. The average molecular weight is 588 g/mol. The molecule has 1 heterocycles. The lowest BCUT2D eigenvalue weighted by Crippen LogP contribution is -2.53. The van der Waals surface area contributed by atoms with Crippen molar-refractivity contribution < 1.29 is 29.0 Å². The lowest BCUT2D eigenvalue weighted by atomic mass is 9.93. The minimum absolute atomic E-state index is 0.0101. The number of aliphatic hydroxyl groups is 1. The van der Waals surface area contributed by atoms with E-state index in [9.17, 15) is 19.5 Å². The molecule has 1 fully saturated rings. The van der Waals surface area contributed by atoms with Crippen LogP contribution in [-0.2, 0) is 23.9 Å². The third-order valence-electron chi connectivity index (χ3n) is 8.46. The highest BCUT2D eigenvalue weighted by Gasteiger charge is 2.41. The molecule has 7 atom stereocenters. The zero-order chi connectivity index (χ0) is 31.6. The van der Waals surface area contributed by atoms with E-state index in [-0.39, 0.29) is 36.1 Å². The largest absolute Gasteiger partial charge is 0.386 e. The minimum atomic E-state index is -0.852. The summed E-state index contributed by atoms with van der Waals surface area (Å²) in [5.74, 6) is -0.722. The number of ether oxygens (including phenoxy) is 2. The summed E-state index contributed by atoms with van der Waals surface area (Å²) in [7, 11) is 4.88. The number of carbonyl (C=O) groups excluding carboxylic acids is 3. The van der Waals surface area contributed by atoms with Crippen LogP contribution in [0.5, 0.6) is 0 Å². The van der Waals surface area contributed by atoms with Gasteiger partial charge in [-0.15, -0.1) is 0 Å². The number of benzene rings is 1. The van der Waals surface area contributed by atoms with E-state index in [4.69, 9.17) is 9.47 Å². The van der Waals surface area contributed by atoms with Gasteiger partial charge in [-0.2, -0.15) is 0 Å². The number of rotatable bonds is 16. The van der Waals surface area contributed by atoms with Crippen molar-refractivity contribution in [2.24, 2.45) is 11.8 Å². The van der Waals surface area contributed by atoms with Gasteiger partial charge in [0.1, 0.15) is 0 Å². The highest BCUT2D eigenvalue weighted by Crippen LogP contribution is 2.29. The maximum absolute atomic E-state index is 13.8. The van der Waals surface area contributed by atoms with Crippen LogP contribution < -0.4 is 5.32 Å². The average Bonchev–Trinajstić information content (AvgIpc) is 3.46. The number of carbonyl (C=O) groups is 3. The zero-order valence-electron chi connectivity index (χ0n) is 26.8. The van der Waals surface area contributed by atoms with Gasteiger partial charge in [0, 0.05) is 34.2 Å². The zero-order valence-corrected chi connectivity index (χ0v) is 26.8. The molecule has 0 aromatic heterocycles. The number of aliphatic hydroxyl groups excluding tert-OH is 1. The lowest BCUT2D eigenvalue weighted by Gasteiger charge is -2.38. The Hall–Kier alpha value is -2.75. The van der Waals surface area contributed by atoms with Crippen LogP contribution in [0.4, 0.5) is 0 Å². The van der Waals surface area contributed by atoms with E-state index in [1.54, 1.807) is 44.9 Å². The van der Waals surface area contributed by atoms with Crippen molar-refractivity contribution in [1.29, 1.82) is 0 Å². The van der Waals surface area contributed by atoms with Crippen molar-refractivity contribution in [3.05, 3.63) is 48.0 Å². The normalized spacial score (nSPS) is 19.5. The number of methoxy groups -OCH3 is 2. The summed E-state index contributed by atoms with van der Waals surface area (Å²) in [6, 6.07) is 7.98. The van der Waals surface area contributed by atoms with Gasteiger partial charge in [-0.3, -0.25) is 14.4 Å². The Morgan fingerprint density at radius 1 is 1.10 bits per heavy atom. The van der Waals surface area contributed by atoms with Crippen molar-refractivity contribution in [3.63, 3.8) is 0 Å². The fourth-order valence-corrected chi connectivity index (χ4v) is 5.92. The number of amides is 3. The third kappa shape index (κ3) is 9.12. The van der Waals surface area contributed by atoms with Crippen LogP contribution in [0.2, 0.25) is 0 Å². The first-order valence-electron chi connectivity index (χ1n) is 15.2. The molecule has 9 heteroatoms. The molecule has 9 nitrogen and oxygen atoms in total. The van der Waals surface area contributed by atoms with Crippen LogP contribution in [0, 0.1) is 11.8 Å². The maximum Gasteiger partial charge on any atom is 0.225 e. The number of hydrogen-bond donors (Lipinski definition) is 2. The molecule has 0 radical (unpaired) electrons. The number of likely N-dealkylation sites (tertiary alicyclic amines) is 1. The topological polar surface area (TPSA) is 108 Å². The molecule has 0 saturated carbocycles. The molecule has 1 aliphatic heterocycles. The van der Waals surface area contributed by atoms with E-state index in [1.807, 2.05) is 51.1 Å². The Morgan fingerprint density at radius 3 is 2.29 bits per heavy atom. The molecule has 1 aromatic carbocycles. The van der Waals surface area contributed by atoms with Crippen LogP contribution in [0.1, 0.15) is 78.4 Å². The molecule has 1 unspecified atom stereocenters. The lowest BCUT2D eigenvalue weighted by molar-refractivity contribution is -0.144. The fraction of sp³-hybridized carbons (Fsp3) is 0.667. The van der Waals surface area contributed by atoms with Gasteiger partial charge in [-0.1, -0.05) is 70.2 Å². The first kappa shape index (κ1) is 35.4. The van der Waals surface area contributed by atoms with Crippen LogP contribution in [0.15, 0.2) is 42.5 Å². The number of likely N-dealkylation sites (N-methyl/N-ethyl adjacent to an activating group) is 1. The SMILES string of the molecule is C=C(CC)C([C@@H](CC(=O)N1CCC[C@H]1[C@H](OC)[C@@H](C)C(=O)N[C@H](C)[C@@H](O)c1ccccc1)OC)N(C)C(=O)CC(C)C. The first-order valence-corrected chi connectivity index (χ1v) is 15.2. The van der Waals surface area contributed by atoms with E-state index in [1.165, 1.54) is 0 Å². The molecular formula is C33H53N3O6. The number of nitrogens with one attached hydrogen (secondary N) is 1. The summed E-state index contributed by atoms with van der Waals surface area (Å²) in [6.07, 6.45) is 0.690. The standard InChI is InChI=1S/C33H53N3O6/c1-10-22(4)30(35(7)28(37)19-21(2)3)27(41-8)20-29(38)36-18-14-17-26(36)32(42-9)23(5)33(40)34-24(6)31(39)25-15-12-11-13-16-25/h11-13,15-16,21,23-24,26-27,30-32,39H,4,10,14,17-20H2,1-3,5-9H3,(H,34,40)/t23-,24-,26+,27-,30?,31-,32-/m1/s1. The smallest absolute Gasteiger partial charge is 0.225 e. The number of hydrogen-bond acceptors (Lipinski definition) is 6. The Labute approximate surface area is 252 Å². The molecular weight excluding hydrogens is 534 g/mol. The van der Waals surface area contributed by atoms with Crippen molar-refractivity contribution in [2.45, 2.75) is 103 Å². The predicted octanol–water partition coefficient (Wildman–Crippen LogP) is 4.11. The highest BCUT2D eigenvalue weighted by molar-refractivity contribution is 5.81. The van der Waals surface area contributed by atoms with Gasteiger partial charge in [0.05, 0.1) is 48.8 Å². The van der Waals surface area contributed by atoms with Crippen LogP contribution in [0.3, 0.4) is 0 Å². The fourth-order valence-electron chi connectivity index (χ4n) is 5.92. The van der Waals surface area contributed by atoms with Gasteiger partial charge < -0.3 is 29.7 Å².